The van der Waals surface area contributed by atoms with Crippen molar-refractivity contribution >= 4 is 11.2 Å². The number of hydrogen-bond donors (Lipinski definition) is 2. The molecule has 2 aromatic heterocycles. The Hall–Kier alpha value is -2.43. The first-order valence-electron chi connectivity index (χ1n) is 7.06. The molecule has 106 valence electrons. The monoisotopic (exact) mass is 283 g/mol. The highest BCUT2D eigenvalue weighted by Gasteiger charge is 2.25. The molecule has 0 spiro atoms. The number of aromatic hydroxyl groups is 1. The zero-order valence-corrected chi connectivity index (χ0v) is 11.3. The average molecular weight is 283 g/mol. The zero-order valence-electron chi connectivity index (χ0n) is 11.3. The Labute approximate surface area is 120 Å². The van der Waals surface area contributed by atoms with Crippen LogP contribution < -0.4 is 0 Å². The second-order valence-electron chi connectivity index (χ2n) is 5.46. The predicted octanol–water partition coefficient (Wildman–Crippen LogP) is 3.74. The quantitative estimate of drug-likeness (QED) is 0.753. The van der Waals surface area contributed by atoms with Crippen molar-refractivity contribution in [2.24, 2.45) is 0 Å². The highest BCUT2D eigenvalue weighted by molar-refractivity contribution is 5.74. The van der Waals surface area contributed by atoms with Gasteiger partial charge in [0.1, 0.15) is 5.52 Å². The second kappa shape index (κ2) is 4.55. The summed E-state index contributed by atoms with van der Waals surface area (Å²) in [7, 11) is 0. The number of nitrogens with one attached hydrogen (secondary N) is 1. The highest BCUT2D eigenvalue weighted by Crippen LogP contribution is 2.43. The fourth-order valence-corrected chi connectivity index (χ4v) is 2.79. The molecule has 0 aliphatic heterocycles. The van der Waals surface area contributed by atoms with Crippen LogP contribution in [0, 0.1) is 5.82 Å². The molecule has 0 amide bonds. The molecule has 0 saturated heterocycles. The number of fused-ring (bicyclic) bond motifs is 1. The summed E-state index contributed by atoms with van der Waals surface area (Å²) in [6.45, 7) is 0. The predicted molar refractivity (Wildman–Crippen MR) is 77.5 cm³/mol. The summed E-state index contributed by atoms with van der Waals surface area (Å²) in [6.07, 6.45) is 6.42. The summed E-state index contributed by atoms with van der Waals surface area (Å²) in [5, 5.41) is 10.1. The highest BCUT2D eigenvalue weighted by atomic mass is 19.1. The molecule has 3 aromatic rings. The number of benzene rings is 1. The minimum Gasteiger partial charge on any atom is -0.505 e. The number of H-pyrrole nitrogens is 1. The van der Waals surface area contributed by atoms with E-state index in [4.69, 9.17) is 0 Å². The van der Waals surface area contributed by atoms with Crippen molar-refractivity contribution in [3.8, 4) is 17.0 Å². The minimum atomic E-state index is -0.608. The summed E-state index contributed by atoms with van der Waals surface area (Å²) in [4.78, 5) is 11.5. The van der Waals surface area contributed by atoms with Gasteiger partial charge in [0.15, 0.2) is 17.2 Å². The lowest BCUT2D eigenvalue weighted by atomic mass is 9.79. The van der Waals surface area contributed by atoms with Gasteiger partial charge in [-0.25, -0.2) is 14.4 Å². The maximum Gasteiger partial charge on any atom is 0.174 e. The number of aromatic amines is 1. The number of halogens is 1. The smallest absolute Gasteiger partial charge is 0.174 e. The van der Waals surface area contributed by atoms with Crippen LogP contribution in [0.15, 0.2) is 30.6 Å². The molecule has 1 aliphatic rings. The Morgan fingerprint density at radius 2 is 2.10 bits per heavy atom. The molecule has 1 fully saturated rings. The van der Waals surface area contributed by atoms with Crippen LogP contribution in [0.5, 0.6) is 5.75 Å². The molecule has 1 aromatic carbocycles. The van der Waals surface area contributed by atoms with E-state index >= 15 is 0 Å². The molecular formula is C16H14FN3O. The average Bonchev–Trinajstić information content (AvgIpc) is 2.89. The van der Waals surface area contributed by atoms with E-state index in [1.807, 2.05) is 0 Å². The fraction of sp³-hybridized carbons (Fsp3) is 0.250. The molecule has 0 bridgehead atoms. The number of nitrogens with zero attached hydrogens (tertiary/aromatic N) is 2. The Morgan fingerprint density at radius 1 is 1.24 bits per heavy atom. The normalized spacial score (nSPS) is 15.3. The van der Waals surface area contributed by atoms with Gasteiger partial charge in [0.05, 0.1) is 11.9 Å². The Bertz CT molecular complexity index is 824. The van der Waals surface area contributed by atoms with Crippen molar-refractivity contribution in [1.29, 1.82) is 0 Å². The lowest BCUT2D eigenvalue weighted by Crippen LogP contribution is -2.09. The van der Waals surface area contributed by atoms with Gasteiger partial charge in [0.25, 0.3) is 0 Å². The number of hydrogen-bond acceptors (Lipinski definition) is 3. The maximum atomic E-state index is 14.5. The summed E-state index contributed by atoms with van der Waals surface area (Å²) < 4.78 is 14.5. The summed E-state index contributed by atoms with van der Waals surface area (Å²) in [6, 6.07) is 5.28. The third-order valence-electron chi connectivity index (χ3n) is 4.23. The first kappa shape index (κ1) is 12.3. The molecule has 1 aliphatic carbocycles. The lowest BCUT2D eigenvalue weighted by Gasteiger charge is -2.26. The molecule has 21 heavy (non-hydrogen) atoms. The number of aromatic nitrogens is 3. The Balaban J connectivity index is 1.82. The van der Waals surface area contributed by atoms with Crippen LogP contribution in [-0.4, -0.2) is 20.1 Å². The summed E-state index contributed by atoms with van der Waals surface area (Å²) >= 11 is 0. The van der Waals surface area contributed by atoms with Gasteiger partial charge in [0, 0.05) is 17.3 Å². The molecule has 1 saturated carbocycles. The molecule has 0 atom stereocenters. The van der Waals surface area contributed by atoms with Crippen LogP contribution in [0.1, 0.15) is 30.7 Å². The van der Waals surface area contributed by atoms with Crippen molar-refractivity contribution < 1.29 is 9.50 Å². The van der Waals surface area contributed by atoms with Gasteiger partial charge in [-0.05, 0) is 30.9 Å². The topological polar surface area (TPSA) is 61.8 Å². The van der Waals surface area contributed by atoms with Crippen LogP contribution in [0.4, 0.5) is 4.39 Å². The third-order valence-corrected chi connectivity index (χ3v) is 4.23. The Morgan fingerprint density at radius 3 is 2.86 bits per heavy atom. The van der Waals surface area contributed by atoms with Gasteiger partial charge in [-0.2, -0.15) is 0 Å². The molecule has 0 radical (unpaired) electrons. The molecule has 2 heterocycles. The van der Waals surface area contributed by atoms with Crippen molar-refractivity contribution in [1.82, 2.24) is 15.0 Å². The van der Waals surface area contributed by atoms with Crippen LogP contribution in [0.25, 0.3) is 22.4 Å². The van der Waals surface area contributed by atoms with Gasteiger partial charge < -0.3 is 10.1 Å². The van der Waals surface area contributed by atoms with E-state index in [9.17, 15) is 9.50 Å². The molecule has 4 rings (SSSR count). The first-order chi connectivity index (χ1) is 10.2. The van der Waals surface area contributed by atoms with Gasteiger partial charge >= 0.3 is 0 Å². The van der Waals surface area contributed by atoms with Crippen molar-refractivity contribution in [2.75, 3.05) is 0 Å². The maximum absolute atomic E-state index is 14.5. The van der Waals surface area contributed by atoms with E-state index in [1.54, 1.807) is 24.4 Å². The van der Waals surface area contributed by atoms with Gasteiger partial charge in [0.2, 0.25) is 0 Å². The molecule has 0 unspecified atom stereocenters. The van der Waals surface area contributed by atoms with E-state index in [0.717, 1.165) is 19.3 Å². The number of phenols is 1. The summed E-state index contributed by atoms with van der Waals surface area (Å²) in [5.74, 6) is -0.566. The zero-order chi connectivity index (χ0) is 14.4. The van der Waals surface area contributed by atoms with E-state index < -0.39 is 5.82 Å². The van der Waals surface area contributed by atoms with Gasteiger partial charge in [-0.15, -0.1) is 0 Å². The SMILES string of the molecule is Oc1c(C2CCC2)ccc(-c2cnc3[nH]ccc3n2)c1F. The van der Waals surface area contributed by atoms with Gasteiger partial charge in [-0.1, -0.05) is 12.5 Å². The lowest BCUT2D eigenvalue weighted by molar-refractivity contribution is 0.378. The molecule has 5 heteroatoms. The van der Waals surface area contributed by atoms with Crippen molar-refractivity contribution in [3.63, 3.8) is 0 Å². The molecule has 4 nitrogen and oxygen atoms in total. The number of rotatable bonds is 2. The van der Waals surface area contributed by atoms with E-state index in [1.165, 1.54) is 6.20 Å². The first-order valence-corrected chi connectivity index (χ1v) is 7.06. The fourth-order valence-electron chi connectivity index (χ4n) is 2.79. The standard InChI is InChI=1S/C16H14FN3O/c17-14-11(5-4-10(15(14)21)9-2-1-3-9)13-8-19-16-12(20-13)6-7-18-16/h4-9,21H,1-3H2,(H,18,19). The minimum absolute atomic E-state index is 0.242. The van der Waals surface area contributed by atoms with Crippen LogP contribution in [0.3, 0.4) is 0 Å². The largest absolute Gasteiger partial charge is 0.505 e. The molecular weight excluding hydrogens is 269 g/mol. The Kier molecular flexibility index (Phi) is 2.67. The van der Waals surface area contributed by atoms with Crippen LogP contribution in [-0.2, 0) is 0 Å². The van der Waals surface area contributed by atoms with Crippen molar-refractivity contribution in [2.45, 2.75) is 25.2 Å². The van der Waals surface area contributed by atoms with Crippen LogP contribution in [0.2, 0.25) is 0 Å². The molecule has 2 N–H and O–H groups in total. The number of phenolic OH excluding ortho intramolecular Hbond substituents is 1. The van der Waals surface area contributed by atoms with E-state index in [0.29, 0.717) is 22.4 Å². The van der Waals surface area contributed by atoms with E-state index in [-0.39, 0.29) is 17.2 Å². The summed E-state index contributed by atoms with van der Waals surface area (Å²) in [5.41, 5.74) is 2.75. The van der Waals surface area contributed by atoms with E-state index in [2.05, 4.69) is 15.0 Å². The second-order valence-corrected chi connectivity index (χ2v) is 5.46. The third kappa shape index (κ3) is 1.88. The van der Waals surface area contributed by atoms with Crippen LogP contribution >= 0.6 is 0 Å². The van der Waals surface area contributed by atoms with Crippen molar-refractivity contribution in [3.05, 3.63) is 42.0 Å². The van der Waals surface area contributed by atoms with Gasteiger partial charge in [-0.3, -0.25) is 0 Å².